The van der Waals surface area contributed by atoms with Gasteiger partial charge in [0.2, 0.25) is 0 Å². The predicted octanol–water partition coefficient (Wildman–Crippen LogP) is 2.64. The average Bonchev–Trinajstić information content (AvgIpc) is 3.31. The van der Waals surface area contributed by atoms with Crippen LogP contribution in [0.4, 0.5) is 0 Å². The predicted molar refractivity (Wildman–Crippen MR) is 87.3 cm³/mol. The van der Waals surface area contributed by atoms with Gasteiger partial charge in [-0.05, 0) is 50.0 Å². The lowest BCUT2D eigenvalue weighted by molar-refractivity contribution is 0.0342. The monoisotopic (exact) mass is 294 g/mol. The van der Waals surface area contributed by atoms with Gasteiger partial charge in [0.15, 0.2) is 0 Å². The standard InChI is InChI=1S/C18H34N2O/c1-14(2)19-18(13-21,17-7-8-17)12-20-10-9-15-5-3-4-6-16(15)11-20/h14-17,19,21H,3-13H2,1-2H3. The average molecular weight is 294 g/mol. The number of aliphatic hydroxyl groups is 1. The van der Waals surface area contributed by atoms with Crippen molar-refractivity contribution in [2.45, 2.75) is 70.4 Å². The number of hydrogen-bond donors (Lipinski definition) is 2. The Morgan fingerprint density at radius 3 is 2.43 bits per heavy atom. The minimum absolute atomic E-state index is 0.0460. The molecule has 1 heterocycles. The highest BCUT2D eigenvalue weighted by molar-refractivity contribution is 5.04. The first-order chi connectivity index (χ1) is 10.1. The summed E-state index contributed by atoms with van der Waals surface area (Å²) >= 11 is 0. The van der Waals surface area contributed by atoms with E-state index >= 15 is 0 Å². The number of fused-ring (bicyclic) bond motifs is 1. The summed E-state index contributed by atoms with van der Waals surface area (Å²) in [6.45, 7) is 8.28. The van der Waals surface area contributed by atoms with E-state index < -0.39 is 0 Å². The normalized spacial score (nSPS) is 33.7. The molecular weight excluding hydrogens is 260 g/mol. The van der Waals surface area contributed by atoms with Gasteiger partial charge in [0.25, 0.3) is 0 Å². The Labute approximate surface area is 130 Å². The molecular formula is C18H34N2O. The quantitative estimate of drug-likeness (QED) is 0.790. The van der Waals surface area contributed by atoms with Gasteiger partial charge in [0, 0.05) is 19.1 Å². The number of hydrogen-bond acceptors (Lipinski definition) is 3. The Balaban J connectivity index is 1.62. The third-order valence-electron chi connectivity index (χ3n) is 6.10. The van der Waals surface area contributed by atoms with Crippen molar-refractivity contribution in [1.29, 1.82) is 0 Å². The Kier molecular flexibility index (Phi) is 4.92. The van der Waals surface area contributed by atoms with Gasteiger partial charge in [-0.1, -0.05) is 33.1 Å². The highest BCUT2D eigenvalue weighted by Gasteiger charge is 2.46. The zero-order valence-corrected chi connectivity index (χ0v) is 14.0. The fraction of sp³-hybridized carbons (Fsp3) is 1.00. The molecule has 1 saturated heterocycles. The van der Waals surface area contributed by atoms with Gasteiger partial charge >= 0.3 is 0 Å². The molecule has 2 N–H and O–H groups in total. The summed E-state index contributed by atoms with van der Waals surface area (Å²) < 4.78 is 0. The minimum atomic E-state index is -0.0460. The number of nitrogens with one attached hydrogen (secondary N) is 1. The summed E-state index contributed by atoms with van der Waals surface area (Å²) in [6, 6.07) is 0.449. The van der Waals surface area contributed by atoms with Crippen LogP contribution >= 0.6 is 0 Å². The molecule has 2 saturated carbocycles. The molecule has 3 rings (SSSR count). The first-order valence-electron chi connectivity index (χ1n) is 9.24. The molecule has 3 heteroatoms. The van der Waals surface area contributed by atoms with E-state index in [1.165, 1.54) is 58.0 Å². The largest absolute Gasteiger partial charge is 0.394 e. The lowest BCUT2D eigenvalue weighted by atomic mass is 9.74. The van der Waals surface area contributed by atoms with Gasteiger partial charge in [-0.2, -0.15) is 0 Å². The van der Waals surface area contributed by atoms with Gasteiger partial charge in [0.1, 0.15) is 0 Å². The topological polar surface area (TPSA) is 35.5 Å². The van der Waals surface area contributed by atoms with E-state index in [9.17, 15) is 5.11 Å². The lowest BCUT2D eigenvalue weighted by Gasteiger charge is -2.46. The first-order valence-corrected chi connectivity index (χ1v) is 9.24. The molecule has 21 heavy (non-hydrogen) atoms. The Hall–Kier alpha value is -0.120. The Bertz CT molecular complexity index is 342. The van der Waals surface area contributed by atoms with Crippen LogP contribution in [-0.4, -0.2) is 47.8 Å². The summed E-state index contributed by atoms with van der Waals surface area (Å²) in [6.07, 6.45) is 9.77. The van der Waals surface area contributed by atoms with Crippen molar-refractivity contribution < 1.29 is 5.11 Å². The Morgan fingerprint density at radius 2 is 1.81 bits per heavy atom. The summed E-state index contributed by atoms with van der Waals surface area (Å²) in [4.78, 5) is 2.66. The molecule has 3 aliphatic rings. The molecule has 3 fully saturated rings. The molecule has 0 aromatic heterocycles. The molecule has 1 aliphatic heterocycles. The van der Waals surface area contributed by atoms with Crippen molar-refractivity contribution in [1.82, 2.24) is 10.2 Å². The van der Waals surface area contributed by atoms with Crippen LogP contribution in [0, 0.1) is 17.8 Å². The summed E-state index contributed by atoms with van der Waals surface area (Å²) in [5.74, 6) is 2.62. The molecule has 0 amide bonds. The smallest absolute Gasteiger partial charge is 0.0628 e. The number of rotatable bonds is 6. The van der Waals surface area contributed by atoms with Crippen LogP contribution in [-0.2, 0) is 0 Å². The number of aliphatic hydroxyl groups excluding tert-OH is 1. The highest BCUT2D eigenvalue weighted by Crippen LogP contribution is 2.42. The number of nitrogens with zero attached hydrogens (tertiary/aromatic N) is 1. The maximum atomic E-state index is 10.1. The summed E-state index contributed by atoms with van der Waals surface area (Å²) in [5.41, 5.74) is -0.0460. The van der Waals surface area contributed by atoms with E-state index in [0.29, 0.717) is 18.6 Å². The van der Waals surface area contributed by atoms with Crippen molar-refractivity contribution in [2.75, 3.05) is 26.2 Å². The molecule has 0 bridgehead atoms. The summed E-state index contributed by atoms with van der Waals surface area (Å²) in [5, 5.41) is 13.8. The van der Waals surface area contributed by atoms with E-state index in [0.717, 1.165) is 18.4 Å². The maximum Gasteiger partial charge on any atom is 0.0628 e. The Morgan fingerprint density at radius 1 is 1.10 bits per heavy atom. The van der Waals surface area contributed by atoms with Crippen LogP contribution in [0.5, 0.6) is 0 Å². The van der Waals surface area contributed by atoms with Crippen LogP contribution in [0.15, 0.2) is 0 Å². The molecule has 0 radical (unpaired) electrons. The number of piperidine rings is 1. The van der Waals surface area contributed by atoms with Crippen molar-refractivity contribution in [3.63, 3.8) is 0 Å². The summed E-state index contributed by atoms with van der Waals surface area (Å²) in [7, 11) is 0. The van der Waals surface area contributed by atoms with Crippen LogP contribution in [0.1, 0.15) is 58.8 Å². The second-order valence-electron chi connectivity index (χ2n) is 8.22. The molecule has 2 aliphatic carbocycles. The van der Waals surface area contributed by atoms with Crippen LogP contribution in [0.3, 0.4) is 0 Å². The van der Waals surface area contributed by atoms with Crippen LogP contribution in [0.25, 0.3) is 0 Å². The van der Waals surface area contributed by atoms with Crippen molar-refractivity contribution >= 4 is 0 Å². The van der Waals surface area contributed by atoms with Gasteiger partial charge < -0.3 is 15.3 Å². The third kappa shape index (κ3) is 3.62. The molecule has 3 atom stereocenters. The van der Waals surface area contributed by atoms with Crippen molar-refractivity contribution in [3.8, 4) is 0 Å². The zero-order chi connectivity index (χ0) is 14.9. The highest BCUT2D eigenvalue weighted by atomic mass is 16.3. The zero-order valence-electron chi connectivity index (χ0n) is 14.0. The van der Waals surface area contributed by atoms with E-state index in [-0.39, 0.29) is 5.54 Å². The third-order valence-corrected chi connectivity index (χ3v) is 6.10. The van der Waals surface area contributed by atoms with Gasteiger partial charge in [-0.3, -0.25) is 0 Å². The van der Waals surface area contributed by atoms with Gasteiger partial charge in [-0.25, -0.2) is 0 Å². The number of likely N-dealkylation sites (tertiary alicyclic amines) is 1. The second-order valence-corrected chi connectivity index (χ2v) is 8.22. The van der Waals surface area contributed by atoms with E-state index in [1.54, 1.807) is 0 Å². The van der Waals surface area contributed by atoms with Crippen LogP contribution < -0.4 is 5.32 Å². The molecule has 0 spiro atoms. The van der Waals surface area contributed by atoms with E-state index in [1.807, 2.05) is 0 Å². The van der Waals surface area contributed by atoms with Gasteiger partial charge in [0.05, 0.1) is 12.1 Å². The second kappa shape index (κ2) is 6.55. The maximum absolute atomic E-state index is 10.1. The van der Waals surface area contributed by atoms with Gasteiger partial charge in [-0.15, -0.1) is 0 Å². The fourth-order valence-corrected chi connectivity index (χ4v) is 4.95. The fourth-order valence-electron chi connectivity index (χ4n) is 4.95. The van der Waals surface area contributed by atoms with Crippen molar-refractivity contribution in [3.05, 3.63) is 0 Å². The van der Waals surface area contributed by atoms with Crippen molar-refractivity contribution in [2.24, 2.45) is 17.8 Å². The van der Waals surface area contributed by atoms with E-state index in [2.05, 4.69) is 24.1 Å². The molecule has 0 aromatic carbocycles. The lowest BCUT2D eigenvalue weighted by Crippen LogP contribution is -2.61. The SMILES string of the molecule is CC(C)NC(CO)(CN1CCC2CCCCC2C1)C1CC1. The molecule has 3 nitrogen and oxygen atoms in total. The van der Waals surface area contributed by atoms with Crippen LogP contribution in [0.2, 0.25) is 0 Å². The molecule has 0 aromatic rings. The molecule has 122 valence electrons. The minimum Gasteiger partial charge on any atom is -0.394 e. The van der Waals surface area contributed by atoms with E-state index in [4.69, 9.17) is 0 Å². The molecule has 3 unspecified atom stereocenters. The first kappa shape index (κ1) is 15.8.